The number of amides is 1. The van der Waals surface area contributed by atoms with E-state index in [4.69, 9.17) is 5.73 Å². The molecule has 19 heavy (non-hydrogen) atoms. The number of hydrogen-bond donors (Lipinski definition) is 2. The van der Waals surface area contributed by atoms with Crippen molar-refractivity contribution in [3.63, 3.8) is 0 Å². The second-order valence-electron chi connectivity index (χ2n) is 4.49. The van der Waals surface area contributed by atoms with Gasteiger partial charge >= 0.3 is 0 Å². The highest BCUT2D eigenvalue weighted by atomic mass is 19.3. The van der Waals surface area contributed by atoms with E-state index in [0.717, 1.165) is 19.3 Å². The minimum atomic E-state index is -2.48. The number of carbonyl (C=O) groups excluding carboxylic acids is 1. The first-order valence-corrected chi connectivity index (χ1v) is 6.52. The third-order valence-corrected chi connectivity index (χ3v) is 2.92. The minimum Gasteiger partial charge on any atom is -0.347 e. The zero-order chi connectivity index (χ0) is 14.3. The number of unbranched alkanes of at least 4 members (excludes halogenated alkanes) is 1. The van der Waals surface area contributed by atoms with E-state index in [9.17, 15) is 13.6 Å². The molecule has 0 saturated carbocycles. The van der Waals surface area contributed by atoms with Gasteiger partial charge in [-0.25, -0.2) is 8.78 Å². The molecule has 0 radical (unpaired) electrons. The highest BCUT2D eigenvalue weighted by molar-refractivity contribution is 5.92. The van der Waals surface area contributed by atoms with E-state index in [1.54, 1.807) is 6.07 Å². The van der Waals surface area contributed by atoms with Crippen LogP contribution in [0.25, 0.3) is 0 Å². The number of hydrogen-bond acceptors (Lipinski definition) is 2. The number of nitrogens with two attached hydrogens (primary N) is 1. The van der Waals surface area contributed by atoms with Crippen molar-refractivity contribution in [2.45, 2.75) is 45.2 Å². The topological polar surface area (TPSA) is 60.0 Å². The number of aromatic nitrogens is 1. The normalized spacial score (nSPS) is 12.7. The molecular weight excluding hydrogens is 252 g/mol. The Morgan fingerprint density at radius 2 is 2.26 bits per heavy atom. The number of rotatable bonds is 8. The first-order valence-electron chi connectivity index (χ1n) is 6.52. The van der Waals surface area contributed by atoms with Crippen LogP contribution in [-0.4, -0.2) is 29.5 Å². The van der Waals surface area contributed by atoms with E-state index >= 15 is 0 Å². The summed E-state index contributed by atoms with van der Waals surface area (Å²) in [5.74, 6) is -0.350. The van der Waals surface area contributed by atoms with Gasteiger partial charge in [0.1, 0.15) is 5.69 Å². The Hall–Kier alpha value is -1.43. The van der Waals surface area contributed by atoms with Crippen molar-refractivity contribution in [1.82, 2.24) is 9.88 Å². The molecule has 0 fully saturated rings. The van der Waals surface area contributed by atoms with Crippen LogP contribution in [-0.2, 0) is 6.54 Å². The fraction of sp³-hybridized carbons (Fsp3) is 0.615. The van der Waals surface area contributed by atoms with Crippen molar-refractivity contribution in [2.24, 2.45) is 5.73 Å². The number of alkyl halides is 2. The molecule has 4 nitrogen and oxygen atoms in total. The molecule has 1 aromatic heterocycles. The van der Waals surface area contributed by atoms with E-state index in [0.29, 0.717) is 6.54 Å². The Bertz CT molecular complexity index is 393. The molecule has 108 valence electrons. The van der Waals surface area contributed by atoms with Gasteiger partial charge in [0.2, 0.25) is 0 Å². The SMILES string of the molecule is CCCCC(CN)NC(=O)c1cccn1CC(F)F. The van der Waals surface area contributed by atoms with Gasteiger partial charge in [-0.15, -0.1) is 0 Å². The molecule has 1 heterocycles. The first kappa shape index (κ1) is 15.6. The molecular formula is C13H21F2N3O. The van der Waals surface area contributed by atoms with Crippen molar-refractivity contribution in [3.8, 4) is 0 Å². The molecule has 1 aromatic rings. The average Bonchev–Trinajstić information content (AvgIpc) is 2.81. The molecule has 0 spiro atoms. The molecule has 0 bridgehead atoms. The van der Waals surface area contributed by atoms with Gasteiger partial charge in [0.25, 0.3) is 12.3 Å². The van der Waals surface area contributed by atoms with Gasteiger partial charge in [0.15, 0.2) is 0 Å². The smallest absolute Gasteiger partial charge is 0.268 e. The molecule has 1 atom stereocenters. The summed E-state index contributed by atoms with van der Waals surface area (Å²) in [6, 6.07) is 3.01. The van der Waals surface area contributed by atoms with Crippen LogP contribution in [0.4, 0.5) is 8.78 Å². The number of carbonyl (C=O) groups is 1. The third kappa shape index (κ3) is 4.98. The van der Waals surface area contributed by atoms with Crippen molar-refractivity contribution in [3.05, 3.63) is 24.0 Å². The first-order chi connectivity index (χ1) is 9.08. The lowest BCUT2D eigenvalue weighted by atomic mass is 10.1. The van der Waals surface area contributed by atoms with Gasteiger partial charge in [0.05, 0.1) is 6.54 Å². The fourth-order valence-electron chi connectivity index (χ4n) is 1.89. The van der Waals surface area contributed by atoms with Crippen LogP contribution >= 0.6 is 0 Å². The van der Waals surface area contributed by atoms with E-state index < -0.39 is 13.0 Å². The van der Waals surface area contributed by atoms with Gasteiger partial charge in [0, 0.05) is 18.8 Å². The molecule has 6 heteroatoms. The quantitative estimate of drug-likeness (QED) is 0.761. The molecule has 1 rings (SSSR count). The Labute approximate surface area is 112 Å². The summed E-state index contributed by atoms with van der Waals surface area (Å²) in [6.07, 6.45) is 1.79. The van der Waals surface area contributed by atoms with E-state index in [1.165, 1.54) is 16.8 Å². The summed E-state index contributed by atoms with van der Waals surface area (Å²) in [5.41, 5.74) is 5.84. The Balaban J connectivity index is 2.64. The highest BCUT2D eigenvalue weighted by Crippen LogP contribution is 2.08. The second kappa shape index (κ2) is 7.89. The van der Waals surface area contributed by atoms with Gasteiger partial charge in [-0.2, -0.15) is 0 Å². The molecule has 3 N–H and O–H groups in total. The lowest BCUT2D eigenvalue weighted by Gasteiger charge is -2.17. The van der Waals surface area contributed by atoms with Gasteiger partial charge in [-0.1, -0.05) is 19.8 Å². The molecule has 0 aliphatic rings. The summed E-state index contributed by atoms with van der Waals surface area (Å²) in [5, 5.41) is 2.79. The standard InChI is InChI=1S/C13H21F2N3O/c1-2-3-5-10(8-16)17-13(19)11-6-4-7-18(11)9-12(14)15/h4,6-7,10,12H,2-3,5,8-9,16H2,1H3,(H,17,19). The zero-order valence-electron chi connectivity index (χ0n) is 11.1. The third-order valence-electron chi connectivity index (χ3n) is 2.92. The van der Waals surface area contributed by atoms with Crippen LogP contribution in [0.2, 0.25) is 0 Å². The largest absolute Gasteiger partial charge is 0.347 e. The summed E-state index contributed by atoms with van der Waals surface area (Å²) < 4.78 is 26.0. The molecule has 0 saturated heterocycles. The predicted octanol–water partition coefficient (Wildman–Crippen LogP) is 2.00. The molecule has 1 amide bonds. The predicted molar refractivity (Wildman–Crippen MR) is 70.3 cm³/mol. The van der Waals surface area contributed by atoms with Gasteiger partial charge in [-0.05, 0) is 18.6 Å². The maximum absolute atomic E-state index is 12.4. The van der Waals surface area contributed by atoms with Crippen molar-refractivity contribution < 1.29 is 13.6 Å². The van der Waals surface area contributed by atoms with Crippen LogP contribution < -0.4 is 11.1 Å². The van der Waals surface area contributed by atoms with Crippen LogP contribution in [0.5, 0.6) is 0 Å². The second-order valence-corrected chi connectivity index (χ2v) is 4.49. The Kier molecular flexibility index (Phi) is 6.49. The van der Waals surface area contributed by atoms with E-state index in [2.05, 4.69) is 12.2 Å². The highest BCUT2D eigenvalue weighted by Gasteiger charge is 2.16. The summed E-state index contributed by atoms with van der Waals surface area (Å²) in [4.78, 5) is 12.0. The molecule has 0 aliphatic heterocycles. The molecule has 1 unspecified atom stereocenters. The lowest BCUT2D eigenvalue weighted by Crippen LogP contribution is -2.41. The number of nitrogens with zero attached hydrogens (tertiary/aromatic N) is 1. The summed E-state index contributed by atoms with van der Waals surface area (Å²) in [7, 11) is 0. The van der Waals surface area contributed by atoms with Crippen molar-refractivity contribution in [2.75, 3.05) is 6.54 Å². The van der Waals surface area contributed by atoms with E-state index in [-0.39, 0.29) is 17.6 Å². The van der Waals surface area contributed by atoms with Gasteiger partial charge < -0.3 is 15.6 Å². The van der Waals surface area contributed by atoms with Crippen LogP contribution in [0, 0.1) is 0 Å². The zero-order valence-corrected chi connectivity index (χ0v) is 11.1. The fourth-order valence-corrected chi connectivity index (χ4v) is 1.89. The maximum Gasteiger partial charge on any atom is 0.268 e. The number of nitrogens with one attached hydrogen (secondary N) is 1. The summed E-state index contributed by atoms with van der Waals surface area (Å²) in [6.45, 7) is 1.93. The Morgan fingerprint density at radius 1 is 1.53 bits per heavy atom. The lowest BCUT2D eigenvalue weighted by molar-refractivity contribution is 0.0913. The van der Waals surface area contributed by atoms with Crippen LogP contribution in [0.3, 0.4) is 0 Å². The molecule has 0 aromatic carbocycles. The van der Waals surface area contributed by atoms with Crippen LogP contribution in [0.1, 0.15) is 36.7 Å². The Morgan fingerprint density at radius 3 is 2.84 bits per heavy atom. The van der Waals surface area contributed by atoms with Gasteiger partial charge in [-0.3, -0.25) is 4.79 Å². The summed E-state index contributed by atoms with van der Waals surface area (Å²) >= 11 is 0. The average molecular weight is 273 g/mol. The molecule has 0 aliphatic carbocycles. The monoisotopic (exact) mass is 273 g/mol. The minimum absolute atomic E-state index is 0.109. The van der Waals surface area contributed by atoms with Crippen LogP contribution in [0.15, 0.2) is 18.3 Å². The number of halogens is 2. The van der Waals surface area contributed by atoms with Crippen molar-refractivity contribution >= 4 is 5.91 Å². The maximum atomic E-state index is 12.4. The van der Waals surface area contributed by atoms with Crippen molar-refractivity contribution in [1.29, 1.82) is 0 Å². The van der Waals surface area contributed by atoms with E-state index in [1.807, 2.05) is 0 Å².